The molecule has 158 valence electrons. The van der Waals surface area contributed by atoms with Gasteiger partial charge in [0.1, 0.15) is 0 Å². The average Bonchev–Trinajstić information content (AvgIpc) is 3.12. The number of amides is 2. The highest BCUT2D eigenvalue weighted by Crippen LogP contribution is 2.61. The summed E-state index contributed by atoms with van der Waals surface area (Å²) in [5.41, 5.74) is 2.73. The van der Waals surface area contributed by atoms with E-state index in [0.717, 1.165) is 48.3 Å². The van der Waals surface area contributed by atoms with Crippen LogP contribution in [0.4, 0.5) is 4.79 Å². The van der Waals surface area contributed by atoms with Gasteiger partial charge in [0.2, 0.25) is 0 Å². The number of nitrogens with one attached hydrogen (secondary N) is 1. The summed E-state index contributed by atoms with van der Waals surface area (Å²) in [6, 6.07) is 8.21. The maximum Gasteiger partial charge on any atom is 0.338 e. The molecule has 5 atom stereocenters. The summed E-state index contributed by atoms with van der Waals surface area (Å²) in [4.78, 5) is 13.1. The van der Waals surface area contributed by atoms with E-state index in [0.29, 0.717) is 17.9 Å². The molecule has 0 saturated heterocycles. The molecule has 3 aliphatic carbocycles. The van der Waals surface area contributed by atoms with E-state index < -0.39 is 0 Å². The molecule has 1 heterocycles. The Labute approximate surface area is 180 Å². The SMILES string of the molecule is CCCCC1=NN(C(=O)N[C@@H]2C[C@@H]3C[C@H]([C@H]2C)C3(C)C)CC1c1ccc(Cl)cc1. The van der Waals surface area contributed by atoms with Crippen LogP contribution in [0, 0.1) is 23.2 Å². The summed E-state index contributed by atoms with van der Waals surface area (Å²) >= 11 is 6.07. The highest BCUT2D eigenvalue weighted by Gasteiger charge is 2.56. The molecule has 0 spiro atoms. The average molecular weight is 416 g/mol. The number of benzene rings is 1. The van der Waals surface area contributed by atoms with Crippen molar-refractivity contribution in [3.8, 4) is 0 Å². The summed E-state index contributed by atoms with van der Waals surface area (Å²) in [5.74, 6) is 2.14. The summed E-state index contributed by atoms with van der Waals surface area (Å²) in [5, 5.41) is 10.5. The number of carbonyl (C=O) groups is 1. The zero-order chi connectivity index (χ0) is 20.8. The van der Waals surface area contributed by atoms with Crippen molar-refractivity contribution >= 4 is 23.3 Å². The summed E-state index contributed by atoms with van der Waals surface area (Å²) in [7, 11) is 0. The van der Waals surface area contributed by atoms with Crippen LogP contribution in [0.1, 0.15) is 71.3 Å². The number of carbonyl (C=O) groups excluding carboxylic acids is 1. The van der Waals surface area contributed by atoms with Gasteiger partial charge in [-0.3, -0.25) is 0 Å². The maximum atomic E-state index is 13.1. The molecule has 29 heavy (non-hydrogen) atoms. The van der Waals surface area contributed by atoms with E-state index >= 15 is 0 Å². The van der Waals surface area contributed by atoms with Gasteiger partial charge in [-0.1, -0.05) is 57.8 Å². The van der Waals surface area contributed by atoms with Crippen LogP contribution in [0.2, 0.25) is 5.02 Å². The number of hydrazone groups is 1. The van der Waals surface area contributed by atoms with Crippen molar-refractivity contribution in [3.63, 3.8) is 0 Å². The van der Waals surface area contributed by atoms with Gasteiger partial charge in [-0.05, 0) is 66.5 Å². The van der Waals surface area contributed by atoms with Crippen LogP contribution in [0.15, 0.2) is 29.4 Å². The number of urea groups is 1. The second-order valence-electron chi connectivity index (χ2n) is 9.89. The van der Waals surface area contributed by atoms with Gasteiger partial charge in [-0.15, -0.1) is 0 Å². The smallest absolute Gasteiger partial charge is 0.333 e. The lowest BCUT2D eigenvalue weighted by molar-refractivity contribution is -0.113. The molecule has 5 rings (SSSR count). The van der Waals surface area contributed by atoms with Crippen LogP contribution < -0.4 is 5.32 Å². The minimum atomic E-state index is -0.0357. The fraction of sp³-hybridized carbons (Fsp3) is 0.667. The summed E-state index contributed by atoms with van der Waals surface area (Å²) in [6.45, 7) is 9.90. The van der Waals surface area contributed by atoms with E-state index in [1.54, 1.807) is 5.01 Å². The highest BCUT2D eigenvalue weighted by atomic mass is 35.5. The molecule has 1 aromatic carbocycles. The first-order valence-electron chi connectivity index (χ1n) is 11.2. The Balaban J connectivity index is 1.44. The summed E-state index contributed by atoms with van der Waals surface area (Å²) in [6.07, 6.45) is 5.57. The first kappa shape index (κ1) is 20.7. The van der Waals surface area contributed by atoms with E-state index in [1.807, 2.05) is 12.1 Å². The van der Waals surface area contributed by atoms with E-state index in [1.165, 1.54) is 12.0 Å². The van der Waals surface area contributed by atoms with E-state index in [9.17, 15) is 4.79 Å². The second kappa shape index (κ2) is 7.94. The minimum absolute atomic E-state index is 0.0357. The Bertz CT molecular complexity index is 788. The van der Waals surface area contributed by atoms with Gasteiger partial charge >= 0.3 is 6.03 Å². The first-order chi connectivity index (χ1) is 13.8. The lowest BCUT2D eigenvalue weighted by Crippen LogP contribution is -2.61. The van der Waals surface area contributed by atoms with Crippen LogP contribution in [0.5, 0.6) is 0 Å². The number of rotatable bonds is 5. The van der Waals surface area contributed by atoms with Crippen molar-refractivity contribution in [2.75, 3.05) is 6.54 Å². The Hall–Kier alpha value is -1.55. The van der Waals surface area contributed by atoms with Crippen LogP contribution in [-0.4, -0.2) is 29.3 Å². The molecule has 0 aromatic heterocycles. The van der Waals surface area contributed by atoms with Crippen LogP contribution in [0.3, 0.4) is 0 Å². The Morgan fingerprint density at radius 2 is 2.00 bits per heavy atom. The molecule has 5 heteroatoms. The van der Waals surface area contributed by atoms with Crippen molar-refractivity contribution in [2.24, 2.45) is 28.3 Å². The van der Waals surface area contributed by atoms with Crippen molar-refractivity contribution in [3.05, 3.63) is 34.9 Å². The van der Waals surface area contributed by atoms with Gasteiger partial charge in [-0.25, -0.2) is 9.80 Å². The van der Waals surface area contributed by atoms with Gasteiger partial charge in [0.25, 0.3) is 0 Å². The van der Waals surface area contributed by atoms with Crippen molar-refractivity contribution in [2.45, 2.75) is 71.8 Å². The molecule has 1 aliphatic heterocycles. The largest absolute Gasteiger partial charge is 0.338 e. The van der Waals surface area contributed by atoms with Crippen LogP contribution in [0.25, 0.3) is 0 Å². The third-order valence-corrected chi connectivity index (χ3v) is 8.22. The normalized spacial score (nSPS) is 32.5. The van der Waals surface area contributed by atoms with Gasteiger partial charge in [0.15, 0.2) is 0 Å². The third kappa shape index (κ3) is 3.81. The lowest BCUT2D eigenvalue weighted by atomic mass is 9.45. The third-order valence-electron chi connectivity index (χ3n) is 7.96. The molecule has 1 N–H and O–H groups in total. The molecule has 0 radical (unpaired) electrons. The molecule has 4 nitrogen and oxygen atoms in total. The van der Waals surface area contributed by atoms with Gasteiger partial charge in [0.05, 0.1) is 6.54 Å². The Kier molecular flexibility index (Phi) is 5.67. The zero-order valence-electron chi connectivity index (χ0n) is 18.1. The predicted molar refractivity (Wildman–Crippen MR) is 119 cm³/mol. The van der Waals surface area contributed by atoms with Crippen molar-refractivity contribution < 1.29 is 4.79 Å². The predicted octanol–water partition coefficient (Wildman–Crippen LogP) is 6.07. The summed E-state index contributed by atoms with van der Waals surface area (Å²) < 4.78 is 0. The Morgan fingerprint density at radius 1 is 1.28 bits per heavy atom. The van der Waals surface area contributed by atoms with Crippen molar-refractivity contribution in [1.82, 2.24) is 10.3 Å². The fourth-order valence-corrected chi connectivity index (χ4v) is 5.95. The van der Waals surface area contributed by atoms with Crippen LogP contribution in [-0.2, 0) is 0 Å². The topological polar surface area (TPSA) is 44.7 Å². The molecular formula is C24H34ClN3O. The molecular weight excluding hydrogens is 382 g/mol. The number of halogens is 1. The number of fused-ring (bicyclic) bond motifs is 2. The monoisotopic (exact) mass is 415 g/mol. The second-order valence-corrected chi connectivity index (χ2v) is 10.3. The quantitative estimate of drug-likeness (QED) is 0.623. The van der Waals surface area contributed by atoms with Gasteiger partial charge < -0.3 is 5.32 Å². The maximum absolute atomic E-state index is 13.1. The Morgan fingerprint density at radius 3 is 2.62 bits per heavy atom. The molecule has 1 unspecified atom stereocenters. The van der Waals surface area contributed by atoms with E-state index in [-0.39, 0.29) is 18.0 Å². The molecule has 2 bridgehead atoms. The number of unbranched alkanes of at least 4 members (excludes halogenated alkanes) is 1. The molecule has 3 fully saturated rings. The minimum Gasteiger partial charge on any atom is -0.333 e. The van der Waals surface area contributed by atoms with Gasteiger partial charge in [0, 0.05) is 22.7 Å². The molecule has 2 amide bonds. The standard InChI is InChI=1S/C24H34ClN3O/c1-5-6-7-21-19(16-8-10-18(25)11-9-16)14-28(27-21)23(29)26-22-13-17-12-20(15(22)2)24(17,3)4/h8-11,15,17,19-20,22H,5-7,12-14H2,1-4H3,(H,26,29)/t15-,17+,19?,20-,22-/m1/s1. The lowest BCUT2D eigenvalue weighted by Gasteiger charge is -2.62. The van der Waals surface area contributed by atoms with E-state index in [4.69, 9.17) is 16.7 Å². The van der Waals surface area contributed by atoms with Gasteiger partial charge in [-0.2, -0.15) is 5.10 Å². The van der Waals surface area contributed by atoms with Crippen molar-refractivity contribution in [1.29, 1.82) is 0 Å². The fourth-order valence-electron chi connectivity index (χ4n) is 5.82. The molecule has 1 aromatic rings. The zero-order valence-corrected chi connectivity index (χ0v) is 18.9. The van der Waals surface area contributed by atoms with Crippen LogP contribution >= 0.6 is 11.6 Å². The van der Waals surface area contributed by atoms with E-state index in [2.05, 4.69) is 45.1 Å². The number of nitrogens with zero attached hydrogens (tertiary/aromatic N) is 2. The molecule has 4 aliphatic rings. The molecule has 3 saturated carbocycles. The number of hydrogen-bond donors (Lipinski definition) is 1. The highest BCUT2D eigenvalue weighted by molar-refractivity contribution is 6.30. The first-order valence-corrected chi connectivity index (χ1v) is 11.6. The number of hydrogen-bond acceptors (Lipinski definition) is 2.